The Morgan fingerprint density at radius 1 is 1.09 bits per heavy atom. The molecule has 0 aliphatic rings. The van der Waals surface area contributed by atoms with E-state index in [1.54, 1.807) is 18.2 Å². The lowest BCUT2D eigenvalue weighted by atomic mass is 10.1. The summed E-state index contributed by atoms with van der Waals surface area (Å²) in [6.45, 7) is 7.76. The molecule has 3 nitrogen and oxygen atoms in total. The minimum Gasteiger partial charge on any atom is -0.490 e. The molecule has 0 unspecified atom stereocenters. The van der Waals surface area contributed by atoms with Crippen LogP contribution in [0.25, 0.3) is 0 Å². The van der Waals surface area contributed by atoms with Gasteiger partial charge in [0.2, 0.25) is 0 Å². The van der Waals surface area contributed by atoms with E-state index in [1.165, 1.54) is 0 Å². The van der Waals surface area contributed by atoms with Gasteiger partial charge in [-0.05, 0) is 63.1 Å². The standard InChI is InChI=1S/C18H19BrO3/c1-11(2)21-17-9-8-14(19)10-15(17)18(20)22-16-7-5-6-12(3)13(16)4/h5-11H,1-4H3. The van der Waals surface area contributed by atoms with Crippen LogP contribution in [0, 0.1) is 13.8 Å². The van der Waals surface area contributed by atoms with Gasteiger partial charge in [0, 0.05) is 4.47 Å². The molecule has 0 aliphatic carbocycles. The van der Waals surface area contributed by atoms with Crippen LogP contribution in [0.5, 0.6) is 11.5 Å². The summed E-state index contributed by atoms with van der Waals surface area (Å²) in [4.78, 5) is 12.5. The Hall–Kier alpha value is -1.81. The molecule has 0 saturated carbocycles. The van der Waals surface area contributed by atoms with E-state index in [9.17, 15) is 4.79 Å². The van der Waals surface area contributed by atoms with E-state index in [-0.39, 0.29) is 6.10 Å². The largest absolute Gasteiger partial charge is 0.490 e. The van der Waals surface area contributed by atoms with Crippen LogP contribution in [0.4, 0.5) is 0 Å². The van der Waals surface area contributed by atoms with Crippen LogP contribution >= 0.6 is 15.9 Å². The second-order valence-corrected chi connectivity index (χ2v) is 6.31. The predicted molar refractivity (Wildman–Crippen MR) is 90.8 cm³/mol. The lowest BCUT2D eigenvalue weighted by Crippen LogP contribution is -2.14. The summed E-state index contributed by atoms with van der Waals surface area (Å²) in [5.41, 5.74) is 2.44. The highest BCUT2D eigenvalue weighted by atomic mass is 79.9. The van der Waals surface area contributed by atoms with Gasteiger partial charge in [0.25, 0.3) is 0 Å². The summed E-state index contributed by atoms with van der Waals surface area (Å²) in [6, 6.07) is 11.0. The van der Waals surface area contributed by atoms with Crippen molar-refractivity contribution < 1.29 is 14.3 Å². The molecule has 0 saturated heterocycles. The highest BCUT2D eigenvalue weighted by Gasteiger charge is 2.17. The van der Waals surface area contributed by atoms with Gasteiger partial charge in [0.1, 0.15) is 17.1 Å². The highest BCUT2D eigenvalue weighted by Crippen LogP contribution is 2.27. The molecule has 0 amide bonds. The summed E-state index contributed by atoms with van der Waals surface area (Å²) >= 11 is 3.38. The monoisotopic (exact) mass is 362 g/mol. The number of aryl methyl sites for hydroxylation is 1. The summed E-state index contributed by atoms with van der Waals surface area (Å²) in [6.07, 6.45) is -0.0200. The fourth-order valence-corrected chi connectivity index (χ4v) is 2.37. The van der Waals surface area contributed by atoms with E-state index < -0.39 is 5.97 Å². The van der Waals surface area contributed by atoms with Crippen LogP contribution in [0.3, 0.4) is 0 Å². The second-order valence-electron chi connectivity index (χ2n) is 5.39. The quantitative estimate of drug-likeness (QED) is 0.562. The fourth-order valence-electron chi connectivity index (χ4n) is 2.01. The first-order valence-corrected chi connectivity index (χ1v) is 7.92. The Balaban J connectivity index is 2.32. The molecule has 2 aromatic carbocycles. The van der Waals surface area contributed by atoms with Crippen molar-refractivity contribution in [2.24, 2.45) is 0 Å². The number of halogens is 1. The summed E-state index contributed by atoms with van der Waals surface area (Å²) < 4.78 is 12.0. The zero-order chi connectivity index (χ0) is 16.3. The minimum absolute atomic E-state index is 0.0200. The molecule has 0 spiro atoms. The van der Waals surface area contributed by atoms with E-state index in [2.05, 4.69) is 15.9 Å². The van der Waals surface area contributed by atoms with E-state index in [0.717, 1.165) is 15.6 Å². The zero-order valence-corrected chi connectivity index (χ0v) is 14.7. The SMILES string of the molecule is Cc1cccc(OC(=O)c2cc(Br)ccc2OC(C)C)c1C. The van der Waals surface area contributed by atoms with E-state index in [1.807, 2.05) is 45.9 Å². The van der Waals surface area contributed by atoms with Gasteiger partial charge in [-0.25, -0.2) is 4.79 Å². The maximum atomic E-state index is 12.5. The summed E-state index contributed by atoms with van der Waals surface area (Å²) in [7, 11) is 0. The summed E-state index contributed by atoms with van der Waals surface area (Å²) in [5.74, 6) is 0.666. The van der Waals surface area contributed by atoms with Crippen LogP contribution in [-0.2, 0) is 0 Å². The number of carbonyl (C=O) groups excluding carboxylic acids is 1. The molecule has 0 fully saturated rings. The average molecular weight is 363 g/mol. The third-order valence-corrected chi connectivity index (χ3v) is 3.78. The van der Waals surface area contributed by atoms with Crippen molar-refractivity contribution >= 4 is 21.9 Å². The topological polar surface area (TPSA) is 35.5 Å². The van der Waals surface area contributed by atoms with Crippen molar-refractivity contribution in [3.63, 3.8) is 0 Å². The van der Waals surface area contributed by atoms with Gasteiger partial charge in [0.15, 0.2) is 0 Å². The Bertz CT molecular complexity index is 693. The maximum Gasteiger partial charge on any atom is 0.347 e. The highest BCUT2D eigenvalue weighted by molar-refractivity contribution is 9.10. The molecule has 0 aliphatic heterocycles. The van der Waals surface area contributed by atoms with Crippen LogP contribution in [0.15, 0.2) is 40.9 Å². The van der Waals surface area contributed by atoms with Gasteiger partial charge in [-0.15, -0.1) is 0 Å². The van der Waals surface area contributed by atoms with Crippen LogP contribution in [0.1, 0.15) is 35.3 Å². The van der Waals surface area contributed by atoms with Gasteiger partial charge in [-0.3, -0.25) is 0 Å². The van der Waals surface area contributed by atoms with Gasteiger partial charge in [-0.2, -0.15) is 0 Å². The molecule has 2 aromatic rings. The predicted octanol–water partition coefficient (Wildman–Crippen LogP) is 5.07. The summed E-state index contributed by atoms with van der Waals surface area (Å²) in [5, 5.41) is 0. The molecule has 22 heavy (non-hydrogen) atoms. The maximum absolute atomic E-state index is 12.5. The molecule has 0 N–H and O–H groups in total. The molecular weight excluding hydrogens is 344 g/mol. The van der Waals surface area contributed by atoms with Gasteiger partial charge in [-0.1, -0.05) is 28.1 Å². The number of carbonyl (C=O) groups is 1. The third-order valence-electron chi connectivity index (χ3n) is 3.28. The molecule has 0 bridgehead atoms. The van der Waals surface area contributed by atoms with Crippen LogP contribution < -0.4 is 9.47 Å². The number of ether oxygens (including phenoxy) is 2. The van der Waals surface area contributed by atoms with E-state index in [4.69, 9.17) is 9.47 Å². The van der Waals surface area contributed by atoms with Crippen molar-refractivity contribution in [3.8, 4) is 11.5 Å². The van der Waals surface area contributed by atoms with E-state index >= 15 is 0 Å². The Morgan fingerprint density at radius 3 is 2.50 bits per heavy atom. The average Bonchev–Trinajstić information content (AvgIpc) is 2.45. The number of benzene rings is 2. The third kappa shape index (κ3) is 3.89. The molecule has 4 heteroatoms. The first-order chi connectivity index (χ1) is 10.4. The minimum atomic E-state index is -0.425. The van der Waals surface area contributed by atoms with E-state index in [0.29, 0.717) is 17.1 Å². The first-order valence-electron chi connectivity index (χ1n) is 7.13. The molecule has 0 heterocycles. The number of esters is 1. The van der Waals surface area contributed by atoms with Gasteiger partial charge in [0.05, 0.1) is 6.10 Å². The van der Waals surface area contributed by atoms with Gasteiger partial charge >= 0.3 is 5.97 Å². The lowest BCUT2D eigenvalue weighted by molar-refractivity contribution is 0.0727. The number of rotatable bonds is 4. The van der Waals surface area contributed by atoms with Crippen LogP contribution in [0.2, 0.25) is 0 Å². The Kier molecular flexibility index (Phi) is 5.24. The van der Waals surface area contributed by atoms with Crippen molar-refractivity contribution in [2.75, 3.05) is 0 Å². The number of hydrogen-bond acceptors (Lipinski definition) is 3. The molecule has 116 valence electrons. The Morgan fingerprint density at radius 2 is 1.82 bits per heavy atom. The van der Waals surface area contributed by atoms with Crippen molar-refractivity contribution in [1.29, 1.82) is 0 Å². The Labute approximate surface area is 139 Å². The second kappa shape index (κ2) is 6.97. The first kappa shape index (κ1) is 16.6. The normalized spacial score (nSPS) is 10.6. The van der Waals surface area contributed by atoms with Crippen LogP contribution in [-0.4, -0.2) is 12.1 Å². The van der Waals surface area contributed by atoms with Crippen molar-refractivity contribution in [3.05, 3.63) is 57.6 Å². The molecule has 2 rings (SSSR count). The number of hydrogen-bond donors (Lipinski definition) is 0. The molecule has 0 aromatic heterocycles. The van der Waals surface area contributed by atoms with Crippen molar-refractivity contribution in [2.45, 2.75) is 33.8 Å². The fraction of sp³-hybridized carbons (Fsp3) is 0.278. The zero-order valence-electron chi connectivity index (χ0n) is 13.1. The molecule has 0 radical (unpaired) electrons. The molecular formula is C18H19BrO3. The smallest absolute Gasteiger partial charge is 0.347 e. The lowest BCUT2D eigenvalue weighted by Gasteiger charge is -2.15. The van der Waals surface area contributed by atoms with Crippen molar-refractivity contribution in [1.82, 2.24) is 0 Å². The molecule has 0 atom stereocenters. The van der Waals surface area contributed by atoms with Gasteiger partial charge < -0.3 is 9.47 Å².